The van der Waals surface area contributed by atoms with Crippen LogP contribution in [0.3, 0.4) is 0 Å². The van der Waals surface area contributed by atoms with Gasteiger partial charge in [0.15, 0.2) is 0 Å². The van der Waals surface area contributed by atoms with Gasteiger partial charge < -0.3 is 4.74 Å². The molecule has 2 aliphatic heterocycles. The fourth-order valence-corrected chi connectivity index (χ4v) is 4.12. The Morgan fingerprint density at radius 1 is 1.19 bits per heavy atom. The van der Waals surface area contributed by atoms with Crippen LogP contribution in [0, 0.1) is 0 Å². The van der Waals surface area contributed by atoms with Gasteiger partial charge in [0.1, 0.15) is 11.2 Å². The van der Waals surface area contributed by atoms with Gasteiger partial charge >= 0.3 is 6.09 Å². The molecule has 1 amide bonds. The lowest BCUT2D eigenvalue weighted by Crippen LogP contribution is -2.51. The number of pyridine rings is 1. The van der Waals surface area contributed by atoms with E-state index >= 15 is 0 Å². The number of amides is 1. The van der Waals surface area contributed by atoms with Crippen molar-refractivity contribution in [3.63, 3.8) is 0 Å². The maximum Gasteiger partial charge on any atom is 0.410 e. The maximum atomic E-state index is 12.7. The first-order valence-corrected chi connectivity index (χ1v) is 9.81. The number of nitrogens with zero attached hydrogens (tertiary/aromatic N) is 2. The Balaban J connectivity index is 1.49. The van der Waals surface area contributed by atoms with Crippen molar-refractivity contribution >= 4 is 27.6 Å². The van der Waals surface area contributed by atoms with Gasteiger partial charge in [-0.1, -0.05) is 42.5 Å². The summed E-state index contributed by atoms with van der Waals surface area (Å²) in [6.07, 6.45) is 7.95. The van der Waals surface area contributed by atoms with Crippen LogP contribution in [0.25, 0.3) is 5.57 Å². The van der Waals surface area contributed by atoms with Crippen LogP contribution >= 0.6 is 15.9 Å². The third kappa shape index (κ3) is 3.68. The SMILES string of the molecule is O=C(OCc1ccccc1)N1C2C=C(c3ccc(Br)nc3)CC1CCC2. The fraction of sp³-hybridized carbons (Fsp3) is 0.333. The molecule has 2 atom stereocenters. The van der Waals surface area contributed by atoms with Gasteiger partial charge in [-0.25, -0.2) is 9.78 Å². The number of fused-ring (bicyclic) bond motifs is 2. The third-order valence-corrected chi connectivity index (χ3v) is 5.62. The van der Waals surface area contributed by atoms with Crippen molar-refractivity contribution in [3.05, 3.63) is 70.5 Å². The van der Waals surface area contributed by atoms with E-state index in [0.29, 0.717) is 6.61 Å². The normalized spacial score (nSPS) is 21.9. The van der Waals surface area contributed by atoms with Crippen molar-refractivity contribution in [1.82, 2.24) is 9.88 Å². The Morgan fingerprint density at radius 2 is 2.04 bits per heavy atom. The molecule has 0 aliphatic carbocycles. The molecule has 1 fully saturated rings. The Bertz CT molecular complexity index is 805. The number of rotatable bonds is 3. The van der Waals surface area contributed by atoms with Gasteiger partial charge in [0.2, 0.25) is 0 Å². The van der Waals surface area contributed by atoms with E-state index in [2.05, 4.69) is 33.1 Å². The summed E-state index contributed by atoms with van der Waals surface area (Å²) in [5.41, 5.74) is 3.44. The molecule has 0 N–H and O–H groups in total. The molecule has 2 unspecified atom stereocenters. The van der Waals surface area contributed by atoms with Crippen LogP contribution in [0.1, 0.15) is 36.8 Å². The standard InChI is InChI=1S/C21H21BrN2O2/c22-20-10-9-16(13-23-20)17-11-18-7-4-8-19(12-17)24(18)21(25)26-14-15-5-2-1-3-6-15/h1-3,5-6,9-11,13,18-19H,4,7-8,12,14H2. The van der Waals surface area contributed by atoms with E-state index in [1.165, 1.54) is 5.57 Å². The molecule has 4 nitrogen and oxygen atoms in total. The first-order chi connectivity index (χ1) is 12.7. The van der Waals surface area contributed by atoms with Crippen LogP contribution < -0.4 is 0 Å². The summed E-state index contributed by atoms with van der Waals surface area (Å²) in [5.74, 6) is 0. The number of hydrogen-bond donors (Lipinski definition) is 0. The number of hydrogen-bond acceptors (Lipinski definition) is 3. The minimum Gasteiger partial charge on any atom is -0.445 e. The summed E-state index contributed by atoms with van der Waals surface area (Å²) < 4.78 is 6.44. The van der Waals surface area contributed by atoms with Crippen molar-refractivity contribution in [2.45, 2.75) is 44.4 Å². The van der Waals surface area contributed by atoms with Crippen LogP contribution in [0.5, 0.6) is 0 Å². The zero-order valence-corrected chi connectivity index (χ0v) is 16.1. The number of ether oxygens (including phenoxy) is 1. The van der Waals surface area contributed by atoms with Crippen molar-refractivity contribution in [1.29, 1.82) is 0 Å². The molecule has 2 bridgehead atoms. The summed E-state index contributed by atoms with van der Waals surface area (Å²) >= 11 is 3.38. The van der Waals surface area contributed by atoms with Crippen LogP contribution in [-0.2, 0) is 11.3 Å². The molecule has 0 saturated carbocycles. The molecule has 4 rings (SSSR count). The lowest BCUT2D eigenvalue weighted by molar-refractivity contribution is 0.0510. The van der Waals surface area contributed by atoms with E-state index in [9.17, 15) is 4.79 Å². The Kier molecular flexibility index (Phi) is 5.07. The highest BCUT2D eigenvalue weighted by Gasteiger charge is 2.38. The maximum absolute atomic E-state index is 12.7. The molecule has 1 saturated heterocycles. The highest BCUT2D eigenvalue weighted by Crippen LogP contribution is 2.37. The van der Waals surface area contributed by atoms with Crippen LogP contribution in [-0.4, -0.2) is 28.1 Å². The summed E-state index contributed by atoms with van der Waals surface area (Å²) in [6.45, 7) is 0.322. The van der Waals surface area contributed by atoms with Gasteiger partial charge in [-0.2, -0.15) is 0 Å². The molecular formula is C21H21BrN2O2. The average molecular weight is 413 g/mol. The Labute approximate surface area is 162 Å². The molecule has 0 radical (unpaired) electrons. The molecule has 26 heavy (non-hydrogen) atoms. The number of halogens is 1. The van der Waals surface area contributed by atoms with Gasteiger partial charge in [-0.3, -0.25) is 4.90 Å². The van der Waals surface area contributed by atoms with Crippen LogP contribution in [0.2, 0.25) is 0 Å². The van der Waals surface area contributed by atoms with Crippen molar-refractivity contribution in [2.24, 2.45) is 0 Å². The summed E-state index contributed by atoms with van der Waals surface area (Å²) in [5, 5.41) is 0. The molecule has 2 aromatic rings. The lowest BCUT2D eigenvalue weighted by atomic mass is 9.83. The van der Waals surface area contributed by atoms with Crippen molar-refractivity contribution in [3.8, 4) is 0 Å². The largest absolute Gasteiger partial charge is 0.445 e. The first kappa shape index (κ1) is 17.3. The Morgan fingerprint density at radius 3 is 2.77 bits per heavy atom. The zero-order valence-electron chi connectivity index (χ0n) is 14.5. The highest BCUT2D eigenvalue weighted by atomic mass is 79.9. The number of piperidine rings is 1. The average Bonchev–Trinajstić information content (AvgIpc) is 2.66. The second kappa shape index (κ2) is 7.62. The van der Waals surface area contributed by atoms with Gasteiger partial charge in [0, 0.05) is 12.2 Å². The first-order valence-electron chi connectivity index (χ1n) is 9.02. The summed E-state index contributed by atoms with van der Waals surface area (Å²) in [7, 11) is 0. The van der Waals surface area contributed by atoms with Gasteiger partial charge in [-0.05, 0) is 64.4 Å². The van der Waals surface area contributed by atoms with Crippen molar-refractivity contribution < 1.29 is 9.53 Å². The predicted molar refractivity (Wildman–Crippen MR) is 104 cm³/mol. The van der Waals surface area contributed by atoms with Crippen molar-refractivity contribution in [2.75, 3.05) is 0 Å². The lowest BCUT2D eigenvalue weighted by Gasteiger charge is -2.44. The van der Waals surface area contributed by atoms with E-state index in [1.54, 1.807) is 0 Å². The highest BCUT2D eigenvalue weighted by molar-refractivity contribution is 9.10. The van der Waals surface area contributed by atoms with Crippen LogP contribution in [0.4, 0.5) is 4.79 Å². The quantitative estimate of drug-likeness (QED) is 0.651. The number of carbonyl (C=O) groups is 1. The molecule has 3 heterocycles. The smallest absolute Gasteiger partial charge is 0.410 e. The van der Waals surface area contributed by atoms with E-state index in [4.69, 9.17) is 4.74 Å². The topological polar surface area (TPSA) is 42.4 Å². The second-order valence-corrected chi connectivity index (χ2v) is 7.68. The van der Waals surface area contributed by atoms with E-state index in [1.807, 2.05) is 47.5 Å². The van der Waals surface area contributed by atoms with Gasteiger partial charge in [0.25, 0.3) is 0 Å². The zero-order chi connectivity index (χ0) is 17.9. The third-order valence-electron chi connectivity index (χ3n) is 5.15. The van der Waals surface area contributed by atoms with E-state index in [-0.39, 0.29) is 18.2 Å². The van der Waals surface area contributed by atoms with E-state index < -0.39 is 0 Å². The predicted octanol–water partition coefficient (Wildman–Crippen LogP) is 5.19. The molecule has 1 aromatic carbocycles. The monoisotopic (exact) mass is 412 g/mol. The minimum absolute atomic E-state index is 0.115. The van der Waals surface area contributed by atoms with Gasteiger partial charge in [0.05, 0.1) is 6.04 Å². The molecule has 2 aliphatic rings. The molecule has 1 aromatic heterocycles. The fourth-order valence-electron chi connectivity index (χ4n) is 3.89. The summed E-state index contributed by atoms with van der Waals surface area (Å²) in [4.78, 5) is 19.0. The number of aromatic nitrogens is 1. The van der Waals surface area contributed by atoms with Gasteiger partial charge in [-0.15, -0.1) is 0 Å². The number of benzene rings is 1. The molecule has 0 spiro atoms. The Hall–Kier alpha value is -2.14. The second-order valence-electron chi connectivity index (χ2n) is 6.87. The molecule has 134 valence electrons. The van der Waals surface area contributed by atoms with Crippen LogP contribution in [0.15, 0.2) is 59.3 Å². The summed E-state index contributed by atoms with van der Waals surface area (Å²) in [6, 6.07) is 14.2. The number of carbonyl (C=O) groups excluding carboxylic acids is 1. The van der Waals surface area contributed by atoms with E-state index in [0.717, 1.165) is 41.4 Å². The molecule has 5 heteroatoms. The minimum atomic E-state index is -0.201. The molecular weight excluding hydrogens is 392 g/mol.